The Kier molecular flexibility index (Phi) is 6.65. The Hall–Kier alpha value is -1.16. The maximum atomic E-state index is 5.23. The molecule has 0 saturated heterocycles. The minimum Gasteiger partial charge on any atom is -0.480 e. The maximum absolute atomic E-state index is 5.23. The molecule has 0 bridgehead atoms. The summed E-state index contributed by atoms with van der Waals surface area (Å²) in [6, 6.07) is 0.525. The summed E-state index contributed by atoms with van der Waals surface area (Å²) in [5.41, 5.74) is 0.948. The molecule has 1 aromatic heterocycles. The molecule has 0 spiro atoms. The number of hydrogen-bond donors (Lipinski definition) is 1. The molecule has 0 amide bonds. The van der Waals surface area contributed by atoms with Crippen molar-refractivity contribution in [1.29, 1.82) is 0 Å². The predicted octanol–water partition coefficient (Wildman–Crippen LogP) is 2.44. The lowest BCUT2D eigenvalue weighted by Gasteiger charge is -2.22. The van der Waals surface area contributed by atoms with Crippen LogP contribution in [0.25, 0.3) is 0 Å². The second-order valence-electron chi connectivity index (χ2n) is 4.86. The molecule has 0 aromatic carbocycles. The van der Waals surface area contributed by atoms with E-state index >= 15 is 0 Å². The van der Waals surface area contributed by atoms with E-state index < -0.39 is 0 Å². The molecule has 1 atom stereocenters. The van der Waals surface area contributed by atoms with Crippen LogP contribution in [0.1, 0.15) is 39.3 Å². The molecule has 0 aliphatic rings. The highest BCUT2D eigenvalue weighted by Gasteiger charge is 2.14. The number of methoxy groups -OCH3 is 1. The van der Waals surface area contributed by atoms with Gasteiger partial charge in [0.25, 0.3) is 0 Å². The Morgan fingerprint density at radius 2 is 2.00 bits per heavy atom. The third-order valence-corrected chi connectivity index (χ3v) is 3.08. The van der Waals surface area contributed by atoms with E-state index in [4.69, 9.17) is 4.74 Å². The van der Waals surface area contributed by atoms with E-state index in [0.717, 1.165) is 31.5 Å². The van der Waals surface area contributed by atoms with Gasteiger partial charge in [-0.15, -0.1) is 0 Å². The van der Waals surface area contributed by atoms with E-state index in [9.17, 15) is 0 Å². The van der Waals surface area contributed by atoms with Crippen LogP contribution >= 0.6 is 0 Å². The van der Waals surface area contributed by atoms with E-state index in [0.29, 0.717) is 17.8 Å². The molecule has 102 valence electrons. The monoisotopic (exact) mass is 251 g/mol. The summed E-state index contributed by atoms with van der Waals surface area (Å²) in [4.78, 5) is 8.52. The number of rotatable bonds is 8. The van der Waals surface area contributed by atoms with Crippen LogP contribution in [-0.2, 0) is 6.42 Å². The molecule has 0 fully saturated rings. The number of aromatic nitrogens is 2. The number of ether oxygens (including phenoxy) is 1. The molecule has 1 N–H and O–H groups in total. The van der Waals surface area contributed by atoms with Crippen molar-refractivity contribution in [2.24, 2.45) is 5.92 Å². The molecule has 4 nitrogen and oxygen atoms in total. The molecule has 18 heavy (non-hydrogen) atoms. The highest BCUT2D eigenvalue weighted by Crippen LogP contribution is 2.16. The van der Waals surface area contributed by atoms with Crippen LogP contribution in [-0.4, -0.2) is 29.7 Å². The van der Waals surface area contributed by atoms with Crippen molar-refractivity contribution in [3.63, 3.8) is 0 Å². The third kappa shape index (κ3) is 4.61. The largest absolute Gasteiger partial charge is 0.480 e. The van der Waals surface area contributed by atoms with Crippen LogP contribution in [0.2, 0.25) is 0 Å². The van der Waals surface area contributed by atoms with Crippen LogP contribution in [0.3, 0.4) is 0 Å². The summed E-state index contributed by atoms with van der Waals surface area (Å²) in [7, 11) is 1.64. The Morgan fingerprint density at radius 1 is 1.28 bits per heavy atom. The first kappa shape index (κ1) is 14.9. The van der Waals surface area contributed by atoms with Gasteiger partial charge >= 0.3 is 0 Å². The zero-order valence-electron chi connectivity index (χ0n) is 11.9. The Balaban J connectivity index is 2.55. The quantitative estimate of drug-likeness (QED) is 0.771. The molecule has 0 radical (unpaired) electrons. The lowest BCUT2D eigenvalue weighted by Crippen LogP contribution is -2.34. The van der Waals surface area contributed by atoms with Gasteiger partial charge in [-0.25, -0.2) is 4.98 Å². The fraction of sp³-hybridized carbons (Fsp3) is 0.714. The summed E-state index contributed by atoms with van der Waals surface area (Å²) < 4.78 is 5.23. The summed E-state index contributed by atoms with van der Waals surface area (Å²) in [5.74, 6) is 1.27. The zero-order valence-corrected chi connectivity index (χ0v) is 11.9. The number of aryl methyl sites for hydroxylation is 1. The van der Waals surface area contributed by atoms with Crippen LogP contribution < -0.4 is 10.1 Å². The zero-order chi connectivity index (χ0) is 13.4. The van der Waals surface area contributed by atoms with Gasteiger partial charge in [0.2, 0.25) is 5.88 Å². The highest BCUT2D eigenvalue weighted by molar-refractivity contribution is 5.17. The second kappa shape index (κ2) is 8.03. The van der Waals surface area contributed by atoms with Crippen LogP contribution in [0.15, 0.2) is 12.4 Å². The van der Waals surface area contributed by atoms with Crippen molar-refractivity contribution in [2.75, 3.05) is 13.7 Å². The van der Waals surface area contributed by atoms with Gasteiger partial charge in [-0.05, 0) is 31.7 Å². The number of nitrogens with zero attached hydrogens (tertiary/aromatic N) is 2. The molecular formula is C14H25N3O. The van der Waals surface area contributed by atoms with Gasteiger partial charge in [0.15, 0.2) is 0 Å². The third-order valence-electron chi connectivity index (χ3n) is 3.08. The molecular weight excluding hydrogens is 226 g/mol. The summed E-state index contributed by atoms with van der Waals surface area (Å²) in [6.45, 7) is 7.76. The fourth-order valence-electron chi connectivity index (χ4n) is 1.99. The van der Waals surface area contributed by atoms with Crippen LogP contribution in [0.5, 0.6) is 5.88 Å². The van der Waals surface area contributed by atoms with Crippen molar-refractivity contribution in [2.45, 2.75) is 46.1 Å². The van der Waals surface area contributed by atoms with E-state index in [2.05, 4.69) is 36.1 Å². The molecule has 0 aliphatic carbocycles. The molecule has 4 heteroatoms. The van der Waals surface area contributed by atoms with Gasteiger partial charge in [-0.2, -0.15) is 0 Å². The normalized spacial score (nSPS) is 12.7. The lowest BCUT2D eigenvalue weighted by atomic mass is 9.98. The standard InChI is InChI=1S/C14H25N3O/c1-5-8-15-12(11(2)3)6-7-13-14(18-4)17-10-9-16-13/h9-12,15H,5-8H2,1-4H3. The predicted molar refractivity (Wildman–Crippen MR) is 73.8 cm³/mol. The van der Waals surface area contributed by atoms with Gasteiger partial charge in [0.05, 0.1) is 7.11 Å². The molecule has 1 rings (SSSR count). The number of hydrogen-bond acceptors (Lipinski definition) is 4. The summed E-state index contributed by atoms with van der Waals surface area (Å²) in [6.07, 6.45) is 6.51. The first-order chi connectivity index (χ1) is 8.69. The lowest BCUT2D eigenvalue weighted by molar-refractivity contribution is 0.364. The van der Waals surface area contributed by atoms with Gasteiger partial charge in [0, 0.05) is 18.4 Å². The Bertz CT molecular complexity index is 342. The first-order valence-electron chi connectivity index (χ1n) is 6.76. The van der Waals surface area contributed by atoms with Gasteiger partial charge in [-0.1, -0.05) is 20.8 Å². The van der Waals surface area contributed by atoms with E-state index in [1.165, 1.54) is 0 Å². The van der Waals surface area contributed by atoms with Crippen molar-refractivity contribution < 1.29 is 4.74 Å². The SMILES string of the molecule is CCCNC(CCc1nccnc1OC)C(C)C. The van der Waals surface area contributed by atoms with Crippen LogP contribution in [0, 0.1) is 5.92 Å². The molecule has 0 saturated carbocycles. The topological polar surface area (TPSA) is 47.0 Å². The molecule has 0 aliphatic heterocycles. The smallest absolute Gasteiger partial charge is 0.235 e. The average molecular weight is 251 g/mol. The Morgan fingerprint density at radius 3 is 2.61 bits per heavy atom. The second-order valence-corrected chi connectivity index (χ2v) is 4.86. The summed E-state index contributed by atoms with van der Waals surface area (Å²) in [5, 5.41) is 3.59. The van der Waals surface area contributed by atoms with E-state index in [-0.39, 0.29) is 0 Å². The van der Waals surface area contributed by atoms with Crippen molar-refractivity contribution in [3.8, 4) is 5.88 Å². The summed E-state index contributed by atoms with van der Waals surface area (Å²) >= 11 is 0. The molecule has 1 aromatic rings. The van der Waals surface area contributed by atoms with Crippen LogP contribution in [0.4, 0.5) is 0 Å². The van der Waals surface area contributed by atoms with Gasteiger partial charge < -0.3 is 10.1 Å². The van der Waals surface area contributed by atoms with E-state index in [1.54, 1.807) is 19.5 Å². The van der Waals surface area contributed by atoms with Gasteiger partial charge in [-0.3, -0.25) is 4.98 Å². The number of nitrogens with one attached hydrogen (secondary N) is 1. The minimum atomic E-state index is 0.525. The maximum Gasteiger partial charge on any atom is 0.235 e. The van der Waals surface area contributed by atoms with Gasteiger partial charge in [0.1, 0.15) is 5.69 Å². The van der Waals surface area contributed by atoms with E-state index in [1.807, 2.05) is 0 Å². The highest BCUT2D eigenvalue weighted by atomic mass is 16.5. The minimum absolute atomic E-state index is 0.525. The van der Waals surface area contributed by atoms with Crippen molar-refractivity contribution in [1.82, 2.24) is 15.3 Å². The van der Waals surface area contributed by atoms with Crippen molar-refractivity contribution in [3.05, 3.63) is 18.1 Å². The molecule has 1 heterocycles. The Labute approximate surface area is 110 Å². The molecule has 1 unspecified atom stereocenters. The van der Waals surface area contributed by atoms with Crippen molar-refractivity contribution >= 4 is 0 Å². The fourth-order valence-corrected chi connectivity index (χ4v) is 1.99. The first-order valence-corrected chi connectivity index (χ1v) is 6.76. The average Bonchev–Trinajstić information content (AvgIpc) is 2.38.